The SMILES string of the molecule is Cc1cnccc1CN(C)Cc1nnc(C2CC(N)C2)n1C. The van der Waals surface area contributed by atoms with Crippen molar-refractivity contribution in [3.63, 3.8) is 0 Å². The summed E-state index contributed by atoms with van der Waals surface area (Å²) >= 11 is 0. The van der Waals surface area contributed by atoms with Crippen LogP contribution in [0, 0.1) is 6.92 Å². The van der Waals surface area contributed by atoms with Crippen LogP contribution in [0.1, 0.15) is 41.5 Å². The van der Waals surface area contributed by atoms with Gasteiger partial charge in [-0.2, -0.15) is 0 Å². The molecule has 6 heteroatoms. The quantitative estimate of drug-likeness (QED) is 0.902. The summed E-state index contributed by atoms with van der Waals surface area (Å²) in [6.45, 7) is 3.76. The fraction of sp³-hybridized carbons (Fsp3) is 0.562. The van der Waals surface area contributed by atoms with Crippen molar-refractivity contribution in [1.29, 1.82) is 0 Å². The van der Waals surface area contributed by atoms with Gasteiger partial charge < -0.3 is 10.3 Å². The minimum absolute atomic E-state index is 0.336. The molecule has 1 aliphatic carbocycles. The minimum atomic E-state index is 0.336. The molecular formula is C16H24N6. The Morgan fingerprint density at radius 1 is 1.32 bits per heavy atom. The second-order valence-electron chi connectivity index (χ2n) is 6.44. The molecule has 2 heterocycles. The zero-order chi connectivity index (χ0) is 15.7. The molecule has 1 aliphatic rings. The first kappa shape index (κ1) is 15.1. The highest BCUT2D eigenvalue weighted by Crippen LogP contribution is 2.34. The van der Waals surface area contributed by atoms with Crippen LogP contribution < -0.4 is 5.73 Å². The Bertz CT molecular complexity index is 644. The second-order valence-corrected chi connectivity index (χ2v) is 6.44. The molecule has 0 aliphatic heterocycles. The van der Waals surface area contributed by atoms with E-state index in [1.54, 1.807) is 0 Å². The fourth-order valence-electron chi connectivity index (χ4n) is 3.01. The number of hydrogen-bond donors (Lipinski definition) is 1. The molecule has 118 valence electrons. The van der Waals surface area contributed by atoms with Crippen molar-refractivity contribution >= 4 is 0 Å². The number of aromatic nitrogens is 4. The lowest BCUT2D eigenvalue weighted by molar-refractivity contribution is 0.302. The summed E-state index contributed by atoms with van der Waals surface area (Å²) in [5.41, 5.74) is 8.39. The van der Waals surface area contributed by atoms with Gasteiger partial charge in [-0.1, -0.05) is 0 Å². The Labute approximate surface area is 131 Å². The number of nitrogens with two attached hydrogens (primary N) is 1. The summed E-state index contributed by atoms with van der Waals surface area (Å²) in [6, 6.07) is 2.41. The van der Waals surface area contributed by atoms with Gasteiger partial charge in [0.1, 0.15) is 11.6 Å². The number of hydrogen-bond acceptors (Lipinski definition) is 5. The van der Waals surface area contributed by atoms with E-state index in [2.05, 4.69) is 51.7 Å². The Kier molecular flexibility index (Phi) is 4.22. The molecule has 2 N–H and O–H groups in total. The van der Waals surface area contributed by atoms with E-state index in [9.17, 15) is 0 Å². The molecule has 1 fully saturated rings. The lowest BCUT2D eigenvalue weighted by atomic mass is 9.80. The van der Waals surface area contributed by atoms with Crippen LogP contribution in [-0.2, 0) is 20.1 Å². The van der Waals surface area contributed by atoms with Gasteiger partial charge in [-0.3, -0.25) is 9.88 Å². The van der Waals surface area contributed by atoms with E-state index in [1.807, 2.05) is 12.4 Å². The number of pyridine rings is 1. The zero-order valence-electron chi connectivity index (χ0n) is 13.5. The number of rotatable bonds is 5. The fourth-order valence-corrected chi connectivity index (χ4v) is 3.01. The van der Waals surface area contributed by atoms with Gasteiger partial charge in [0.2, 0.25) is 0 Å². The van der Waals surface area contributed by atoms with Crippen molar-refractivity contribution in [2.75, 3.05) is 7.05 Å². The van der Waals surface area contributed by atoms with E-state index in [0.717, 1.165) is 37.6 Å². The molecule has 0 atom stereocenters. The van der Waals surface area contributed by atoms with E-state index in [0.29, 0.717) is 12.0 Å². The lowest BCUT2D eigenvalue weighted by Crippen LogP contribution is -2.36. The predicted octanol–water partition coefficient (Wildman–Crippen LogP) is 1.36. The summed E-state index contributed by atoms with van der Waals surface area (Å²) in [7, 11) is 4.16. The molecule has 2 aromatic heterocycles. The van der Waals surface area contributed by atoms with Gasteiger partial charge >= 0.3 is 0 Å². The van der Waals surface area contributed by atoms with Gasteiger partial charge in [0.15, 0.2) is 0 Å². The Morgan fingerprint density at radius 3 is 2.77 bits per heavy atom. The molecule has 22 heavy (non-hydrogen) atoms. The van der Waals surface area contributed by atoms with Crippen molar-refractivity contribution in [1.82, 2.24) is 24.6 Å². The van der Waals surface area contributed by atoms with Crippen LogP contribution in [0.5, 0.6) is 0 Å². The topological polar surface area (TPSA) is 72.9 Å². The van der Waals surface area contributed by atoms with Gasteiger partial charge in [0.25, 0.3) is 0 Å². The Morgan fingerprint density at radius 2 is 2.09 bits per heavy atom. The molecule has 0 amide bonds. The van der Waals surface area contributed by atoms with Gasteiger partial charge in [-0.25, -0.2) is 0 Å². The first-order chi connectivity index (χ1) is 10.5. The summed E-state index contributed by atoms with van der Waals surface area (Å²) in [5.74, 6) is 2.56. The molecule has 0 saturated heterocycles. The average molecular weight is 300 g/mol. The summed E-state index contributed by atoms with van der Waals surface area (Å²) in [4.78, 5) is 6.39. The van der Waals surface area contributed by atoms with E-state index in [-0.39, 0.29) is 0 Å². The molecule has 0 spiro atoms. The normalized spacial score (nSPS) is 21.1. The third kappa shape index (κ3) is 3.03. The second kappa shape index (κ2) is 6.14. The predicted molar refractivity (Wildman–Crippen MR) is 85.1 cm³/mol. The van der Waals surface area contributed by atoms with Crippen molar-refractivity contribution in [2.24, 2.45) is 12.8 Å². The van der Waals surface area contributed by atoms with Crippen LogP contribution in [0.2, 0.25) is 0 Å². The molecular weight excluding hydrogens is 276 g/mol. The molecule has 3 rings (SSSR count). The molecule has 6 nitrogen and oxygen atoms in total. The van der Waals surface area contributed by atoms with Crippen LogP contribution in [0.15, 0.2) is 18.5 Å². The standard InChI is InChI=1S/C16H24N6/c1-11-8-18-5-4-12(11)9-21(2)10-15-19-20-16(22(15)3)13-6-14(17)7-13/h4-5,8,13-14H,6-7,9-10,17H2,1-3H3. The van der Waals surface area contributed by atoms with Crippen molar-refractivity contribution < 1.29 is 0 Å². The Hall–Kier alpha value is -1.79. The maximum atomic E-state index is 5.87. The first-order valence-corrected chi connectivity index (χ1v) is 7.76. The highest BCUT2D eigenvalue weighted by atomic mass is 15.3. The van der Waals surface area contributed by atoms with Gasteiger partial charge in [-0.05, 0) is 44.0 Å². The molecule has 1 saturated carbocycles. The van der Waals surface area contributed by atoms with E-state index in [4.69, 9.17) is 5.73 Å². The van der Waals surface area contributed by atoms with Crippen molar-refractivity contribution in [2.45, 2.75) is 44.8 Å². The van der Waals surface area contributed by atoms with E-state index >= 15 is 0 Å². The summed E-state index contributed by atoms with van der Waals surface area (Å²) in [5, 5.41) is 8.74. The van der Waals surface area contributed by atoms with Gasteiger partial charge in [-0.15, -0.1) is 10.2 Å². The first-order valence-electron chi connectivity index (χ1n) is 7.76. The van der Waals surface area contributed by atoms with E-state index < -0.39 is 0 Å². The highest BCUT2D eigenvalue weighted by molar-refractivity contribution is 5.21. The molecule has 0 unspecified atom stereocenters. The average Bonchev–Trinajstić information content (AvgIpc) is 2.79. The summed E-state index contributed by atoms with van der Waals surface area (Å²) in [6.07, 6.45) is 5.80. The maximum Gasteiger partial charge on any atom is 0.146 e. The van der Waals surface area contributed by atoms with Crippen molar-refractivity contribution in [3.05, 3.63) is 41.2 Å². The molecule has 0 radical (unpaired) electrons. The Balaban J connectivity index is 1.64. The maximum absolute atomic E-state index is 5.87. The van der Waals surface area contributed by atoms with Crippen LogP contribution in [0.25, 0.3) is 0 Å². The third-order valence-electron chi connectivity index (χ3n) is 4.53. The monoisotopic (exact) mass is 300 g/mol. The third-order valence-corrected chi connectivity index (χ3v) is 4.53. The largest absolute Gasteiger partial charge is 0.328 e. The van der Waals surface area contributed by atoms with Crippen LogP contribution in [0.3, 0.4) is 0 Å². The molecule has 0 aromatic carbocycles. The van der Waals surface area contributed by atoms with Crippen molar-refractivity contribution in [3.8, 4) is 0 Å². The smallest absolute Gasteiger partial charge is 0.146 e. The summed E-state index contributed by atoms with van der Waals surface area (Å²) < 4.78 is 2.13. The minimum Gasteiger partial charge on any atom is -0.328 e. The lowest BCUT2D eigenvalue weighted by Gasteiger charge is -2.31. The highest BCUT2D eigenvalue weighted by Gasteiger charge is 2.31. The zero-order valence-corrected chi connectivity index (χ0v) is 13.5. The van der Waals surface area contributed by atoms with Crippen LogP contribution in [0.4, 0.5) is 0 Å². The van der Waals surface area contributed by atoms with Crippen LogP contribution >= 0.6 is 0 Å². The molecule has 0 bridgehead atoms. The van der Waals surface area contributed by atoms with Gasteiger partial charge in [0.05, 0.1) is 6.54 Å². The number of nitrogens with zero attached hydrogens (tertiary/aromatic N) is 5. The number of aryl methyl sites for hydroxylation is 1. The molecule has 2 aromatic rings. The van der Waals surface area contributed by atoms with Gasteiger partial charge in [0, 0.05) is 37.9 Å². The van der Waals surface area contributed by atoms with Crippen LogP contribution in [-0.4, -0.2) is 37.7 Å². The van der Waals surface area contributed by atoms with E-state index in [1.165, 1.54) is 11.1 Å².